The van der Waals surface area contributed by atoms with Crippen LogP contribution >= 0.6 is 0 Å². The number of nitriles is 1. The molecule has 0 saturated heterocycles. The molecule has 0 bridgehead atoms. The van der Waals surface area contributed by atoms with E-state index in [9.17, 15) is 10.1 Å². The van der Waals surface area contributed by atoms with Crippen molar-refractivity contribution in [2.45, 2.75) is 20.3 Å². The van der Waals surface area contributed by atoms with E-state index in [0.717, 1.165) is 34.0 Å². The minimum absolute atomic E-state index is 0.452. The van der Waals surface area contributed by atoms with E-state index in [-0.39, 0.29) is 0 Å². The van der Waals surface area contributed by atoms with Gasteiger partial charge in [0.1, 0.15) is 5.69 Å². The summed E-state index contributed by atoms with van der Waals surface area (Å²) in [6.45, 7) is 4.04. The number of nitrogens with two attached hydrogens (primary N) is 1. The van der Waals surface area contributed by atoms with E-state index >= 15 is 0 Å². The van der Waals surface area contributed by atoms with Gasteiger partial charge in [0.2, 0.25) is 0 Å². The predicted molar refractivity (Wildman–Crippen MR) is 91.8 cm³/mol. The molecule has 2 N–H and O–H groups in total. The monoisotopic (exact) mass is 305 g/mol. The highest BCUT2D eigenvalue weighted by Gasteiger charge is 2.21. The van der Waals surface area contributed by atoms with Crippen molar-refractivity contribution in [3.63, 3.8) is 0 Å². The van der Waals surface area contributed by atoms with Crippen molar-refractivity contribution in [3.05, 3.63) is 52.7 Å². The van der Waals surface area contributed by atoms with E-state index < -0.39 is 5.91 Å². The number of amides is 1. The lowest BCUT2D eigenvalue weighted by atomic mass is 9.91. The van der Waals surface area contributed by atoms with Crippen LogP contribution in [0.3, 0.4) is 0 Å². The Morgan fingerprint density at radius 1 is 1.43 bits per heavy atom. The van der Waals surface area contributed by atoms with Crippen LogP contribution in [0.2, 0.25) is 0 Å². The molecule has 0 aliphatic heterocycles. The first-order valence-corrected chi connectivity index (χ1v) is 7.65. The fourth-order valence-electron chi connectivity index (χ4n) is 3.43. The van der Waals surface area contributed by atoms with E-state index in [1.807, 2.05) is 30.7 Å². The maximum Gasteiger partial charge on any atom is 0.265 e. The fraction of sp³-hybridized carbons (Fsp3) is 0.263. The first-order chi connectivity index (χ1) is 10.9. The number of hydrogen-bond acceptors (Lipinski definition) is 2. The highest BCUT2D eigenvalue weighted by molar-refractivity contribution is 6.05. The first-order valence-electron chi connectivity index (χ1n) is 7.65. The molecular formula is C19H19N3O. The number of aromatic nitrogens is 1. The molecule has 3 rings (SSSR count). The van der Waals surface area contributed by atoms with Gasteiger partial charge in [-0.2, -0.15) is 5.26 Å². The van der Waals surface area contributed by atoms with Gasteiger partial charge in [-0.1, -0.05) is 25.2 Å². The van der Waals surface area contributed by atoms with Crippen molar-refractivity contribution in [3.8, 4) is 6.07 Å². The summed E-state index contributed by atoms with van der Waals surface area (Å²) in [4.78, 5) is 11.8. The van der Waals surface area contributed by atoms with E-state index in [1.54, 1.807) is 0 Å². The molecule has 1 amide bonds. The van der Waals surface area contributed by atoms with Gasteiger partial charge in [0, 0.05) is 18.0 Å². The topological polar surface area (TPSA) is 71.8 Å². The van der Waals surface area contributed by atoms with Gasteiger partial charge in [-0.05, 0) is 42.5 Å². The Morgan fingerprint density at radius 2 is 2.17 bits per heavy atom. The van der Waals surface area contributed by atoms with Gasteiger partial charge in [-0.3, -0.25) is 4.79 Å². The van der Waals surface area contributed by atoms with Crippen molar-refractivity contribution in [1.29, 1.82) is 5.26 Å². The van der Waals surface area contributed by atoms with Crippen molar-refractivity contribution >= 4 is 22.4 Å². The average molecular weight is 305 g/mol. The third kappa shape index (κ3) is 2.35. The minimum Gasteiger partial charge on any atom is -0.364 e. The number of rotatable bonds is 2. The zero-order chi connectivity index (χ0) is 16.7. The van der Waals surface area contributed by atoms with Crippen LogP contribution in [0.5, 0.6) is 0 Å². The predicted octanol–water partition coefficient (Wildman–Crippen LogP) is 3.44. The molecule has 4 heteroatoms. The Kier molecular flexibility index (Phi) is 3.57. The number of aryl methyl sites for hydroxylation is 2. The molecular weight excluding hydrogens is 286 g/mol. The Bertz CT molecular complexity index is 922. The second-order valence-electron chi connectivity index (χ2n) is 6.17. The summed E-state index contributed by atoms with van der Waals surface area (Å²) >= 11 is 0. The van der Waals surface area contributed by atoms with Crippen LogP contribution in [0.1, 0.15) is 40.5 Å². The van der Waals surface area contributed by atoms with E-state index in [1.165, 1.54) is 0 Å². The van der Waals surface area contributed by atoms with Crippen molar-refractivity contribution in [2.24, 2.45) is 18.7 Å². The first kappa shape index (κ1) is 15.1. The van der Waals surface area contributed by atoms with Gasteiger partial charge in [-0.15, -0.1) is 0 Å². The number of allylic oxidation sites excluding steroid dienone is 4. The molecule has 1 aromatic heterocycles. The Hall–Kier alpha value is -2.80. The molecule has 2 aromatic rings. The van der Waals surface area contributed by atoms with E-state index in [4.69, 9.17) is 5.73 Å². The SMILES string of the molecule is Cc1c(C(N)=O)n(C)c2c(C3=CC(C)CC=C3)cc(C#N)cc12. The summed E-state index contributed by atoms with van der Waals surface area (Å²) in [6, 6.07) is 5.94. The van der Waals surface area contributed by atoms with Crippen LogP contribution in [-0.2, 0) is 7.05 Å². The zero-order valence-electron chi connectivity index (χ0n) is 13.6. The van der Waals surface area contributed by atoms with Crippen LogP contribution in [0, 0.1) is 24.2 Å². The minimum atomic E-state index is -0.452. The van der Waals surface area contributed by atoms with E-state index in [2.05, 4.69) is 31.2 Å². The molecule has 1 heterocycles. The number of fused-ring (bicyclic) bond motifs is 1. The maximum absolute atomic E-state index is 11.8. The highest BCUT2D eigenvalue weighted by Crippen LogP contribution is 2.34. The molecule has 4 nitrogen and oxygen atoms in total. The van der Waals surface area contributed by atoms with Gasteiger partial charge in [0.25, 0.3) is 5.91 Å². The highest BCUT2D eigenvalue weighted by atomic mass is 16.1. The van der Waals surface area contributed by atoms with Gasteiger partial charge >= 0.3 is 0 Å². The largest absolute Gasteiger partial charge is 0.364 e. The summed E-state index contributed by atoms with van der Waals surface area (Å²) in [5.74, 6) is -0.0000375. The standard InChI is InChI=1S/C19H19N3O/c1-11-5-4-6-14(7-11)16-9-13(10-20)8-15-12(2)17(19(21)23)22(3)18(15)16/h4,6-9,11H,5H2,1-3H3,(H2,21,23). The van der Waals surface area contributed by atoms with Crippen LogP contribution in [0.15, 0.2) is 30.4 Å². The fourth-order valence-corrected chi connectivity index (χ4v) is 3.43. The summed E-state index contributed by atoms with van der Waals surface area (Å²) in [5.41, 5.74) is 10.4. The molecule has 1 aliphatic rings. The van der Waals surface area contributed by atoms with Crippen LogP contribution < -0.4 is 5.73 Å². The quantitative estimate of drug-likeness (QED) is 0.923. The number of nitrogens with zero attached hydrogens (tertiary/aromatic N) is 2. The molecule has 1 atom stereocenters. The lowest BCUT2D eigenvalue weighted by Crippen LogP contribution is -2.16. The number of primary amides is 1. The van der Waals surface area contributed by atoms with Crippen molar-refractivity contribution in [2.75, 3.05) is 0 Å². The van der Waals surface area contributed by atoms with Crippen molar-refractivity contribution < 1.29 is 4.79 Å². The van der Waals surface area contributed by atoms with Gasteiger partial charge in [-0.25, -0.2) is 0 Å². The zero-order valence-corrected chi connectivity index (χ0v) is 13.6. The smallest absolute Gasteiger partial charge is 0.265 e. The lowest BCUT2D eigenvalue weighted by molar-refractivity contribution is 0.0992. The second kappa shape index (κ2) is 5.44. The second-order valence-corrected chi connectivity index (χ2v) is 6.17. The van der Waals surface area contributed by atoms with Gasteiger partial charge in [0.15, 0.2) is 0 Å². The molecule has 0 spiro atoms. The van der Waals surface area contributed by atoms with Gasteiger partial charge in [0.05, 0.1) is 17.1 Å². The van der Waals surface area contributed by atoms with Crippen LogP contribution in [0.25, 0.3) is 16.5 Å². The van der Waals surface area contributed by atoms with Crippen LogP contribution in [-0.4, -0.2) is 10.5 Å². The molecule has 0 radical (unpaired) electrons. The summed E-state index contributed by atoms with van der Waals surface area (Å²) in [5, 5.41) is 10.3. The molecule has 0 fully saturated rings. The number of hydrogen-bond donors (Lipinski definition) is 1. The molecule has 116 valence electrons. The summed E-state index contributed by atoms with van der Waals surface area (Å²) in [7, 11) is 1.85. The average Bonchev–Trinajstić information content (AvgIpc) is 2.77. The molecule has 0 saturated carbocycles. The van der Waals surface area contributed by atoms with Crippen LogP contribution in [0.4, 0.5) is 0 Å². The Balaban J connectivity index is 2.42. The Morgan fingerprint density at radius 3 is 2.78 bits per heavy atom. The number of carbonyl (C=O) groups is 1. The van der Waals surface area contributed by atoms with Gasteiger partial charge < -0.3 is 10.3 Å². The third-order valence-electron chi connectivity index (χ3n) is 4.48. The van der Waals surface area contributed by atoms with E-state index in [0.29, 0.717) is 17.2 Å². The van der Waals surface area contributed by atoms with Crippen molar-refractivity contribution in [1.82, 2.24) is 4.57 Å². The maximum atomic E-state index is 11.8. The number of carbonyl (C=O) groups excluding carboxylic acids is 1. The summed E-state index contributed by atoms with van der Waals surface area (Å²) in [6.07, 6.45) is 7.46. The molecule has 1 aliphatic carbocycles. The molecule has 1 aromatic carbocycles. The lowest BCUT2D eigenvalue weighted by Gasteiger charge is -2.15. The molecule has 23 heavy (non-hydrogen) atoms. The number of benzene rings is 1. The normalized spacial score (nSPS) is 17.1. The summed E-state index contributed by atoms with van der Waals surface area (Å²) < 4.78 is 1.84. The third-order valence-corrected chi connectivity index (χ3v) is 4.48. The molecule has 1 unspecified atom stereocenters. The Labute approximate surface area is 135 Å².